The molecule has 0 bridgehead atoms. The van der Waals surface area contributed by atoms with Crippen LogP contribution in [0, 0.1) is 21.4 Å². The summed E-state index contributed by atoms with van der Waals surface area (Å²) in [5, 5.41) is 13.7. The number of nitrogens with one attached hydrogen (secondary N) is 1. The molecule has 2 rings (SSSR count). The van der Waals surface area contributed by atoms with E-state index in [9.17, 15) is 23.3 Å². The second-order valence-corrected chi connectivity index (χ2v) is 5.71. The minimum atomic E-state index is -4.62. The molecule has 0 unspecified atom stereocenters. The van der Waals surface area contributed by atoms with Crippen LogP contribution in [0.25, 0.3) is 0 Å². The van der Waals surface area contributed by atoms with Crippen LogP contribution in [0.5, 0.6) is 0 Å². The lowest BCUT2D eigenvalue weighted by Gasteiger charge is -2.21. The Balaban J connectivity index is 2.25. The largest absolute Gasteiger partial charge is 0.433 e. The van der Waals surface area contributed by atoms with Crippen LogP contribution in [-0.2, 0) is 6.18 Å². The molecule has 0 radical (unpaired) electrons. The van der Waals surface area contributed by atoms with Crippen molar-refractivity contribution in [2.75, 3.05) is 11.9 Å². The Morgan fingerprint density at radius 1 is 1.48 bits per heavy atom. The maximum atomic E-state index is 12.7. The maximum Gasteiger partial charge on any atom is 0.433 e. The molecule has 0 saturated heterocycles. The van der Waals surface area contributed by atoms with E-state index in [1.807, 2.05) is 13.8 Å². The SMILES string of the molecule is CC(C)C1(CNc2cc(C(F)(F)F)ncc2[N+](=O)[O-])CC1. The van der Waals surface area contributed by atoms with Crippen LogP contribution in [0.3, 0.4) is 0 Å². The molecular formula is C13H16F3N3O2. The van der Waals surface area contributed by atoms with Gasteiger partial charge in [0.2, 0.25) is 0 Å². The summed E-state index contributed by atoms with van der Waals surface area (Å²) in [6.45, 7) is 4.50. The normalized spacial score (nSPS) is 16.9. The van der Waals surface area contributed by atoms with Gasteiger partial charge in [-0.05, 0) is 30.2 Å². The zero-order valence-electron chi connectivity index (χ0n) is 11.7. The molecule has 1 aromatic heterocycles. The number of hydrogen-bond donors (Lipinski definition) is 1. The molecule has 1 fully saturated rings. The molecule has 1 aliphatic rings. The quantitative estimate of drug-likeness (QED) is 0.662. The lowest BCUT2D eigenvalue weighted by Crippen LogP contribution is -2.21. The van der Waals surface area contributed by atoms with Crippen molar-refractivity contribution in [2.45, 2.75) is 32.9 Å². The molecule has 0 spiro atoms. The monoisotopic (exact) mass is 303 g/mol. The van der Waals surface area contributed by atoms with Crippen LogP contribution in [0.15, 0.2) is 12.3 Å². The number of hydrogen-bond acceptors (Lipinski definition) is 4. The summed E-state index contributed by atoms with van der Waals surface area (Å²) in [7, 11) is 0. The van der Waals surface area contributed by atoms with Gasteiger partial charge in [-0.15, -0.1) is 0 Å². The lowest BCUT2D eigenvalue weighted by atomic mass is 9.92. The molecule has 0 atom stereocenters. The first-order valence-electron chi connectivity index (χ1n) is 6.61. The van der Waals surface area contributed by atoms with Gasteiger partial charge in [-0.1, -0.05) is 13.8 Å². The van der Waals surface area contributed by atoms with E-state index in [4.69, 9.17) is 0 Å². The molecule has 5 nitrogen and oxygen atoms in total. The van der Waals surface area contributed by atoms with Gasteiger partial charge >= 0.3 is 11.9 Å². The van der Waals surface area contributed by atoms with Gasteiger partial charge in [-0.25, -0.2) is 4.98 Å². The van der Waals surface area contributed by atoms with Gasteiger partial charge in [0.15, 0.2) is 0 Å². The van der Waals surface area contributed by atoms with Crippen LogP contribution in [-0.4, -0.2) is 16.5 Å². The van der Waals surface area contributed by atoms with Crippen molar-refractivity contribution in [1.82, 2.24) is 4.98 Å². The summed E-state index contributed by atoms with van der Waals surface area (Å²) in [5.74, 6) is 0.368. The minimum absolute atomic E-state index is 0.0233. The van der Waals surface area contributed by atoms with Gasteiger partial charge in [0, 0.05) is 6.54 Å². The molecule has 21 heavy (non-hydrogen) atoms. The Kier molecular flexibility index (Phi) is 3.81. The Morgan fingerprint density at radius 2 is 2.10 bits per heavy atom. The number of pyridine rings is 1. The summed E-state index contributed by atoms with van der Waals surface area (Å²) < 4.78 is 38.0. The fourth-order valence-electron chi connectivity index (χ4n) is 2.28. The second kappa shape index (κ2) is 5.16. The van der Waals surface area contributed by atoms with Crippen LogP contribution < -0.4 is 5.32 Å². The number of nitro groups is 1. The van der Waals surface area contributed by atoms with Gasteiger partial charge in [0.1, 0.15) is 17.6 Å². The number of aromatic nitrogens is 1. The van der Waals surface area contributed by atoms with E-state index in [2.05, 4.69) is 10.3 Å². The molecule has 0 aliphatic heterocycles. The molecular weight excluding hydrogens is 287 g/mol. The molecule has 0 aromatic carbocycles. The Bertz CT molecular complexity index is 554. The van der Waals surface area contributed by atoms with Crippen LogP contribution in [0.4, 0.5) is 24.5 Å². The highest BCUT2D eigenvalue weighted by Gasteiger charge is 2.45. The van der Waals surface area contributed by atoms with E-state index in [-0.39, 0.29) is 11.1 Å². The third-order valence-corrected chi connectivity index (χ3v) is 4.12. The van der Waals surface area contributed by atoms with E-state index in [0.29, 0.717) is 24.7 Å². The zero-order chi connectivity index (χ0) is 15.8. The molecule has 0 amide bonds. The molecule has 1 N–H and O–H groups in total. The topological polar surface area (TPSA) is 68.1 Å². The second-order valence-electron chi connectivity index (χ2n) is 5.71. The molecule has 1 heterocycles. The van der Waals surface area contributed by atoms with Gasteiger partial charge in [-0.3, -0.25) is 10.1 Å². The molecule has 116 valence electrons. The van der Waals surface area contributed by atoms with Gasteiger partial charge in [-0.2, -0.15) is 13.2 Å². The van der Waals surface area contributed by atoms with Crippen LogP contribution in [0.1, 0.15) is 32.4 Å². The summed E-state index contributed by atoms with van der Waals surface area (Å²) in [6, 6.07) is 0.703. The predicted molar refractivity (Wildman–Crippen MR) is 70.9 cm³/mol. The summed E-state index contributed by atoms with van der Waals surface area (Å²) in [6.07, 6.45) is -2.02. The standard InChI is InChI=1S/C13H16F3N3O2/c1-8(2)12(3-4-12)7-18-9-5-11(13(14,15)16)17-6-10(9)19(20)21/h5-6,8H,3-4,7H2,1-2H3,(H,17,18). The first kappa shape index (κ1) is 15.5. The van der Waals surface area contributed by atoms with E-state index in [1.54, 1.807) is 0 Å². The highest BCUT2D eigenvalue weighted by atomic mass is 19.4. The fourth-order valence-corrected chi connectivity index (χ4v) is 2.28. The van der Waals surface area contributed by atoms with E-state index >= 15 is 0 Å². The molecule has 1 aliphatic carbocycles. The van der Waals surface area contributed by atoms with Gasteiger partial charge < -0.3 is 5.32 Å². The number of anilines is 1. The van der Waals surface area contributed by atoms with Crippen molar-refractivity contribution in [3.8, 4) is 0 Å². The van der Waals surface area contributed by atoms with E-state index in [0.717, 1.165) is 12.8 Å². The highest BCUT2D eigenvalue weighted by Crippen LogP contribution is 2.52. The number of halogens is 3. The zero-order valence-corrected chi connectivity index (χ0v) is 11.7. The Morgan fingerprint density at radius 3 is 2.52 bits per heavy atom. The molecule has 1 aromatic rings. The third-order valence-electron chi connectivity index (χ3n) is 4.12. The predicted octanol–water partition coefficient (Wildman–Crippen LogP) is 3.86. The van der Waals surface area contributed by atoms with Gasteiger partial charge in [0.25, 0.3) is 0 Å². The fraction of sp³-hybridized carbons (Fsp3) is 0.615. The molecule has 1 saturated carbocycles. The minimum Gasteiger partial charge on any atom is -0.379 e. The van der Waals surface area contributed by atoms with E-state index in [1.165, 1.54) is 0 Å². The average Bonchev–Trinajstić information content (AvgIpc) is 3.16. The van der Waals surface area contributed by atoms with Crippen LogP contribution in [0.2, 0.25) is 0 Å². The lowest BCUT2D eigenvalue weighted by molar-refractivity contribution is -0.384. The third kappa shape index (κ3) is 3.25. The summed E-state index contributed by atoms with van der Waals surface area (Å²) >= 11 is 0. The summed E-state index contributed by atoms with van der Waals surface area (Å²) in [5.41, 5.74) is -1.68. The highest BCUT2D eigenvalue weighted by molar-refractivity contribution is 5.61. The van der Waals surface area contributed by atoms with Gasteiger partial charge in [0.05, 0.1) is 4.92 Å². The maximum absolute atomic E-state index is 12.7. The van der Waals surface area contributed by atoms with E-state index < -0.39 is 22.5 Å². The number of alkyl halides is 3. The van der Waals surface area contributed by atoms with Crippen molar-refractivity contribution in [2.24, 2.45) is 11.3 Å². The smallest absolute Gasteiger partial charge is 0.379 e. The number of rotatable bonds is 5. The molecule has 8 heteroatoms. The van der Waals surface area contributed by atoms with Crippen molar-refractivity contribution in [3.63, 3.8) is 0 Å². The van der Waals surface area contributed by atoms with Crippen molar-refractivity contribution in [1.29, 1.82) is 0 Å². The number of nitrogens with zero attached hydrogens (tertiary/aromatic N) is 2. The summed E-state index contributed by atoms with van der Waals surface area (Å²) in [4.78, 5) is 13.3. The van der Waals surface area contributed by atoms with Crippen molar-refractivity contribution in [3.05, 3.63) is 28.1 Å². The van der Waals surface area contributed by atoms with Crippen LogP contribution >= 0.6 is 0 Å². The average molecular weight is 303 g/mol. The van der Waals surface area contributed by atoms with Crippen molar-refractivity contribution < 1.29 is 18.1 Å². The Hall–Kier alpha value is -1.86. The van der Waals surface area contributed by atoms with Crippen molar-refractivity contribution >= 4 is 11.4 Å². The first-order valence-corrected chi connectivity index (χ1v) is 6.61. The first-order chi connectivity index (χ1) is 9.66. The Labute approximate surface area is 119 Å².